The second-order valence-corrected chi connectivity index (χ2v) is 10.3. The van der Waals surface area contributed by atoms with Crippen molar-refractivity contribution in [3.05, 3.63) is 0 Å². The Morgan fingerprint density at radius 1 is 0.619 bits per heavy atom. The van der Waals surface area contributed by atoms with E-state index in [1.807, 2.05) is 0 Å². The zero-order chi connectivity index (χ0) is 16.2. The van der Waals surface area contributed by atoms with E-state index in [0.717, 1.165) is 57.8 Å². The molecule has 3 N–H and O–H groups in total. The van der Waals surface area contributed by atoms with E-state index in [4.69, 9.17) is 0 Å². The molecule has 0 aromatic rings. The molecule has 0 aliphatic rings. The minimum atomic E-state index is -4.45. The standard InChI is InChI=1S/C17H39O3P/c1-4-7-10-11-12-15-17(14-9-6-3)21(18,19,20)16-13-8-5-2/h17-20H,4-16H2,1-3H3. The second-order valence-electron chi connectivity index (χ2n) is 6.65. The minimum absolute atomic E-state index is 0.197. The molecular weight excluding hydrogens is 283 g/mol. The average Bonchev–Trinajstić information content (AvgIpc) is 2.41. The van der Waals surface area contributed by atoms with Gasteiger partial charge in [-0.15, -0.1) is 0 Å². The van der Waals surface area contributed by atoms with Crippen molar-refractivity contribution < 1.29 is 14.7 Å². The molecule has 3 nitrogen and oxygen atoms in total. The van der Waals surface area contributed by atoms with Crippen LogP contribution in [0.1, 0.15) is 97.8 Å². The molecule has 21 heavy (non-hydrogen) atoms. The van der Waals surface area contributed by atoms with Crippen LogP contribution in [-0.4, -0.2) is 26.5 Å². The van der Waals surface area contributed by atoms with E-state index in [-0.39, 0.29) is 11.8 Å². The first-order valence-electron chi connectivity index (χ1n) is 9.11. The van der Waals surface area contributed by atoms with E-state index in [1.54, 1.807) is 0 Å². The van der Waals surface area contributed by atoms with E-state index < -0.39 is 7.28 Å². The van der Waals surface area contributed by atoms with E-state index in [9.17, 15) is 14.7 Å². The van der Waals surface area contributed by atoms with Crippen molar-refractivity contribution in [1.29, 1.82) is 0 Å². The Kier molecular flexibility index (Phi) is 11.1. The van der Waals surface area contributed by atoms with Crippen LogP contribution in [0.5, 0.6) is 0 Å². The van der Waals surface area contributed by atoms with Crippen molar-refractivity contribution in [2.24, 2.45) is 0 Å². The fourth-order valence-corrected chi connectivity index (χ4v) is 5.56. The summed E-state index contributed by atoms with van der Waals surface area (Å²) in [6, 6.07) is 0. The van der Waals surface area contributed by atoms with Crippen LogP contribution in [0.25, 0.3) is 0 Å². The number of unbranched alkanes of at least 4 members (excludes halogenated alkanes) is 7. The van der Waals surface area contributed by atoms with E-state index >= 15 is 0 Å². The number of rotatable bonds is 14. The summed E-state index contributed by atoms with van der Waals surface area (Å²) in [6.07, 6.45) is 12.2. The zero-order valence-corrected chi connectivity index (χ0v) is 15.5. The van der Waals surface area contributed by atoms with Crippen LogP contribution >= 0.6 is 7.28 Å². The van der Waals surface area contributed by atoms with Crippen LogP contribution in [0.4, 0.5) is 0 Å². The third kappa shape index (κ3) is 9.84. The monoisotopic (exact) mass is 322 g/mol. The summed E-state index contributed by atoms with van der Waals surface area (Å²) < 4.78 is 0. The van der Waals surface area contributed by atoms with E-state index in [2.05, 4.69) is 20.8 Å². The van der Waals surface area contributed by atoms with Gasteiger partial charge in [0.1, 0.15) is 0 Å². The molecule has 0 rings (SSSR count). The van der Waals surface area contributed by atoms with Crippen molar-refractivity contribution in [3.63, 3.8) is 0 Å². The van der Waals surface area contributed by atoms with Gasteiger partial charge in [-0.2, -0.15) is 0 Å². The Hall–Kier alpha value is 0.310. The topological polar surface area (TPSA) is 60.7 Å². The van der Waals surface area contributed by atoms with Gasteiger partial charge in [0.05, 0.1) is 0 Å². The Morgan fingerprint density at radius 2 is 1.10 bits per heavy atom. The van der Waals surface area contributed by atoms with Gasteiger partial charge < -0.3 is 0 Å². The fraction of sp³-hybridized carbons (Fsp3) is 1.00. The van der Waals surface area contributed by atoms with Crippen molar-refractivity contribution in [2.75, 3.05) is 6.16 Å². The predicted octanol–water partition coefficient (Wildman–Crippen LogP) is 5.37. The Bertz CT molecular complexity index is 248. The average molecular weight is 322 g/mol. The summed E-state index contributed by atoms with van der Waals surface area (Å²) in [4.78, 5) is 31.6. The van der Waals surface area contributed by atoms with E-state index in [1.165, 1.54) is 19.3 Å². The van der Waals surface area contributed by atoms with Gasteiger partial charge in [0.15, 0.2) is 0 Å². The molecule has 130 valence electrons. The zero-order valence-electron chi connectivity index (χ0n) is 14.6. The van der Waals surface area contributed by atoms with Crippen LogP contribution in [0, 0.1) is 0 Å². The quantitative estimate of drug-likeness (QED) is 0.297. The number of hydrogen-bond donors (Lipinski definition) is 3. The van der Waals surface area contributed by atoms with Crippen LogP contribution in [0.15, 0.2) is 0 Å². The molecule has 0 aliphatic carbocycles. The van der Waals surface area contributed by atoms with Gasteiger partial charge in [-0.05, 0) is 0 Å². The maximum atomic E-state index is 10.5. The predicted molar refractivity (Wildman–Crippen MR) is 94.7 cm³/mol. The van der Waals surface area contributed by atoms with Crippen molar-refractivity contribution >= 4 is 7.28 Å². The first kappa shape index (κ1) is 21.3. The maximum absolute atomic E-state index is 10.5. The molecule has 0 bridgehead atoms. The van der Waals surface area contributed by atoms with Gasteiger partial charge in [0, 0.05) is 0 Å². The van der Waals surface area contributed by atoms with Gasteiger partial charge in [-0.1, -0.05) is 0 Å². The Labute approximate surface area is 132 Å². The van der Waals surface area contributed by atoms with E-state index in [0.29, 0.717) is 0 Å². The van der Waals surface area contributed by atoms with Gasteiger partial charge in [-0.25, -0.2) is 0 Å². The van der Waals surface area contributed by atoms with Gasteiger partial charge >= 0.3 is 132 Å². The molecule has 0 fully saturated rings. The molecule has 0 spiro atoms. The molecule has 0 heterocycles. The first-order chi connectivity index (χ1) is 9.85. The van der Waals surface area contributed by atoms with Crippen LogP contribution in [0.3, 0.4) is 0 Å². The molecule has 0 aromatic carbocycles. The summed E-state index contributed by atoms with van der Waals surface area (Å²) in [7, 11) is -4.45. The summed E-state index contributed by atoms with van der Waals surface area (Å²) >= 11 is 0. The third-order valence-corrected chi connectivity index (χ3v) is 7.66. The molecular formula is C17H39O3P. The molecule has 1 unspecified atom stereocenters. The van der Waals surface area contributed by atoms with Crippen LogP contribution < -0.4 is 0 Å². The van der Waals surface area contributed by atoms with Gasteiger partial charge in [0.2, 0.25) is 0 Å². The third-order valence-electron chi connectivity index (χ3n) is 4.47. The van der Waals surface area contributed by atoms with Crippen molar-refractivity contribution in [1.82, 2.24) is 0 Å². The Balaban J connectivity index is 4.46. The Morgan fingerprint density at radius 3 is 1.67 bits per heavy atom. The second kappa shape index (κ2) is 10.9. The fourth-order valence-electron chi connectivity index (χ4n) is 2.94. The molecule has 0 radical (unpaired) electrons. The SMILES string of the molecule is CCCCCCCC(CCCC)P(O)(O)(O)CCCCC. The van der Waals surface area contributed by atoms with Crippen molar-refractivity contribution in [2.45, 2.75) is 103 Å². The summed E-state index contributed by atoms with van der Waals surface area (Å²) in [5.74, 6) is 0. The summed E-state index contributed by atoms with van der Waals surface area (Å²) in [5, 5.41) is 0. The molecule has 0 aliphatic heterocycles. The van der Waals surface area contributed by atoms with Gasteiger partial charge in [0.25, 0.3) is 0 Å². The van der Waals surface area contributed by atoms with Crippen LogP contribution in [0.2, 0.25) is 0 Å². The molecule has 0 saturated carbocycles. The molecule has 1 atom stereocenters. The molecule has 0 aromatic heterocycles. The summed E-state index contributed by atoms with van der Waals surface area (Å²) in [6.45, 7) is 6.39. The summed E-state index contributed by atoms with van der Waals surface area (Å²) in [5.41, 5.74) is -0.297. The van der Waals surface area contributed by atoms with Crippen molar-refractivity contribution in [3.8, 4) is 0 Å². The van der Waals surface area contributed by atoms with Gasteiger partial charge in [-0.3, -0.25) is 0 Å². The normalized spacial score (nSPS) is 15.6. The molecule has 0 amide bonds. The number of hydrogen-bond acceptors (Lipinski definition) is 3. The molecule has 0 saturated heterocycles. The van der Waals surface area contributed by atoms with Crippen LogP contribution in [-0.2, 0) is 0 Å². The molecule has 4 heteroatoms. The first-order valence-corrected chi connectivity index (χ1v) is 11.5.